The Labute approximate surface area is 139 Å². The highest BCUT2D eigenvalue weighted by Crippen LogP contribution is 2.28. The molecule has 2 aromatic rings. The molecule has 2 aromatic carbocycles. The van der Waals surface area contributed by atoms with Crippen molar-refractivity contribution in [1.29, 1.82) is 0 Å². The summed E-state index contributed by atoms with van der Waals surface area (Å²) in [6.45, 7) is 0. The van der Waals surface area contributed by atoms with E-state index in [1.54, 1.807) is 50.6 Å². The van der Waals surface area contributed by atoms with Gasteiger partial charge in [0.05, 0.1) is 14.2 Å². The average Bonchev–Trinajstić information content (AvgIpc) is 2.51. The van der Waals surface area contributed by atoms with Crippen molar-refractivity contribution in [1.82, 2.24) is 0 Å². The fraction of sp³-hybridized carbons (Fsp3) is 0.118. The Kier molecular flexibility index (Phi) is 5.47. The maximum absolute atomic E-state index is 12.1. The topological polar surface area (TPSA) is 35.5 Å². The van der Waals surface area contributed by atoms with Crippen LogP contribution in [0, 0.1) is 0 Å². The molecule has 5 heteroatoms. The van der Waals surface area contributed by atoms with Crippen LogP contribution in [0.2, 0.25) is 10.0 Å². The van der Waals surface area contributed by atoms with Gasteiger partial charge in [0.25, 0.3) is 0 Å². The third-order valence-electron chi connectivity index (χ3n) is 2.98. The molecule has 0 saturated heterocycles. The van der Waals surface area contributed by atoms with Crippen LogP contribution < -0.4 is 9.47 Å². The second kappa shape index (κ2) is 7.34. The van der Waals surface area contributed by atoms with Crippen molar-refractivity contribution < 1.29 is 14.3 Å². The summed E-state index contributed by atoms with van der Waals surface area (Å²) in [4.78, 5) is 12.1. The molecule has 0 amide bonds. The molecule has 0 heterocycles. The van der Waals surface area contributed by atoms with Crippen LogP contribution in [-0.4, -0.2) is 20.0 Å². The second-order valence-electron chi connectivity index (χ2n) is 4.47. The first kappa shape index (κ1) is 16.4. The van der Waals surface area contributed by atoms with Crippen LogP contribution in [0.1, 0.15) is 15.9 Å². The van der Waals surface area contributed by atoms with Crippen LogP contribution in [0.25, 0.3) is 6.08 Å². The number of rotatable bonds is 5. The number of allylic oxidation sites excluding steroid dienone is 1. The van der Waals surface area contributed by atoms with Crippen molar-refractivity contribution in [2.75, 3.05) is 14.2 Å². The molecule has 0 aromatic heterocycles. The molecule has 0 fully saturated rings. The predicted octanol–water partition coefficient (Wildman–Crippen LogP) is 4.91. The zero-order chi connectivity index (χ0) is 16.1. The van der Waals surface area contributed by atoms with Crippen molar-refractivity contribution in [2.24, 2.45) is 0 Å². The lowest BCUT2D eigenvalue weighted by atomic mass is 10.1. The Balaban J connectivity index is 2.22. The molecule has 0 unspecified atom stereocenters. The van der Waals surface area contributed by atoms with Gasteiger partial charge in [-0.05, 0) is 42.0 Å². The molecule has 22 heavy (non-hydrogen) atoms. The quantitative estimate of drug-likeness (QED) is 0.575. The molecular weight excluding hydrogens is 323 g/mol. The maximum Gasteiger partial charge on any atom is 0.185 e. The summed E-state index contributed by atoms with van der Waals surface area (Å²) in [5.41, 5.74) is 1.26. The van der Waals surface area contributed by atoms with Crippen molar-refractivity contribution >= 4 is 35.1 Å². The maximum atomic E-state index is 12.1. The largest absolute Gasteiger partial charge is 0.493 e. The Morgan fingerprint density at radius 3 is 2.18 bits per heavy atom. The van der Waals surface area contributed by atoms with Crippen molar-refractivity contribution in [3.63, 3.8) is 0 Å². The number of methoxy groups -OCH3 is 2. The molecule has 0 aliphatic rings. The first-order chi connectivity index (χ1) is 10.5. The van der Waals surface area contributed by atoms with Gasteiger partial charge in [0.2, 0.25) is 0 Å². The van der Waals surface area contributed by atoms with Gasteiger partial charge in [-0.2, -0.15) is 0 Å². The minimum atomic E-state index is -0.181. The van der Waals surface area contributed by atoms with E-state index in [9.17, 15) is 4.79 Å². The van der Waals surface area contributed by atoms with Gasteiger partial charge in [-0.25, -0.2) is 0 Å². The number of hydrogen-bond donors (Lipinski definition) is 0. The lowest BCUT2D eigenvalue weighted by molar-refractivity contribution is 0.104. The van der Waals surface area contributed by atoms with E-state index >= 15 is 0 Å². The lowest BCUT2D eigenvalue weighted by Crippen LogP contribution is -1.94. The molecule has 0 radical (unpaired) electrons. The monoisotopic (exact) mass is 336 g/mol. The molecule has 0 bridgehead atoms. The van der Waals surface area contributed by atoms with E-state index in [0.29, 0.717) is 27.1 Å². The first-order valence-electron chi connectivity index (χ1n) is 6.44. The molecule has 0 aliphatic carbocycles. The van der Waals surface area contributed by atoms with E-state index in [2.05, 4.69) is 0 Å². The zero-order valence-electron chi connectivity index (χ0n) is 12.1. The van der Waals surface area contributed by atoms with E-state index in [4.69, 9.17) is 32.7 Å². The fourth-order valence-corrected chi connectivity index (χ4v) is 2.45. The molecule has 0 atom stereocenters. The molecular formula is C17H14Cl2O3. The highest BCUT2D eigenvalue weighted by molar-refractivity contribution is 6.35. The summed E-state index contributed by atoms with van der Waals surface area (Å²) in [5.74, 6) is 1.05. The van der Waals surface area contributed by atoms with Crippen molar-refractivity contribution in [3.05, 3.63) is 63.6 Å². The number of hydrogen-bond acceptors (Lipinski definition) is 3. The normalized spacial score (nSPS) is 10.7. The third kappa shape index (κ3) is 4.03. The first-order valence-corrected chi connectivity index (χ1v) is 7.19. The predicted molar refractivity (Wildman–Crippen MR) is 89.4 cm³/mol. The molecule has 0 aliphatic heterocycles. The van der Waals surface area contributed by atoms with Crippen molar-refractivity contribution in [3.8, 4) is 11.5 Å². The Bertz CT molecular complexity index is 704. The summed E-state index contributed by atoms with van der Waals surface area (Å²) in [6.07, 6.45) is 3.16. The summed E-state index contributed by atoms with van der Waals surface area (Å²) >= 11 is 11.8. The number of halogens is 2. The molecule has 0 N–H and O–H groups in total. The Morgan fingerprint density at radius 1 is 0.955 bits per heavy atom. The van der Waals surface area contributed by atoms with Gasteiger partial charge in [-0.1, -0.05) is 35.3 Å². The SMILES string of the molecule is COc1ccc(/C=C/C(=O)c2cc(Cl)cc(Cl)c2)cc1OC. The van der Waals surface area contributed by atoms with E-state index in [1.165, 1.54) is 6.08 Å². The highest BCUT2D eigenvalue weighted by Gasteiger charge is 2.06. The highest BCUT2D eigenvalue weighted by atomic mass is 35.5. The minimum absolute atomic E-state index is 0.181. The fourth-order valence-electron chi connectivity index (χ4n) is 1.92. The van der Waals surface area contributed by atoms with E-state index in [0.717, 1.165) is 5.56 Å². The number of benzene rings is 2. The van der Waals surface area contributed by atoms with Crippen molar-refractivity contribution in [2.45, 2.75) is 0 Å². The van der Waals surface area contributed by atoms with Gasteiger partial charge in [-0.15, -0.1) is 0 Å². The summed E-state index contributed by atoms with van der Waals surface area (Å²) in [5, 5.41) is 0.853. The third-order valence-corrected chi connectivity index (χ3v) is 3.42. The van der Waals surface area contributed by atoms with Gasteiger partial charge >= 0.3 is 0 Å². The summed E-state index contributed by atoms with van der Waals surface area (Å²) < 4.78 is 10.4. The Hall–Kier alpha value is -1.97. The number of carbonyl (C=O) groups is 1. The molecule has 114 valence electrons. The average molecular weight is 337 g/mol. The van der Waals surface area contributed by atoms with Gasteiger partial charge in [0.1, 0.15) is 0 Å². The minimum Gasteiger partial charge on any atom is -0.493 e. The van der Waals surface area contributed by atoms with Gasteiger partial charge in [0.15, 0.2) is 17.3 Å². The Morgan fingerprint density at radius 2 is 1.59 bits per heavy atom. The summed E-state index contributed by atoms with van der Waals surface area (Å²) in [6, 6.07) is 10.1. The number of carbonyl (C=O) groups excluding carboxylic acids is 1. The smallest absolute Gasteiger partial charge is 0.185 e. The van der Waals surface area contributed by atoms with Crippen LogP contribution in [0.5, 0.6) is 11.5 Å². The van der Waals surface area contributed by atoms with Crippen LogP contribution in [0.4, 0.5) is 0 Å². The number of ether oxygens (including phenoxy) is 2. The molecule has 3 nitrogen and oxygen atoms in total. The lowest BCUT2D eigenvalue weighted by Gasteiger charge is -2.07. The van der Waals surface area contributed by atoms with Crippen LogP contribution in [0.3, 0.4) is 0 Å². The van der Waals surface area contributed by atoms with E-state index < -0.39 is 0 Å². The molecule has 2 rings (SSSR count). The standard InChI is InChI=1S/C17H14Cl2O3/c1-21-16-6-4-11(7-17(16)22-2)3-5-15(20)12-8-13(18)10-14(19)9-12/h3-10H,1-2H3/b5-3+. The van der Waals surface area contributed by atoms with Gasteiger partial charge in [0, 0.05) is 15.6 Å². The molecule has 0 spiro atoms. The second-order valence-corrected chi connectivity index (χ2v) is 5.34. The summed E-state index contributed by atoms with van der Waals surface area (Å²) in [7, 11) is 3.13. The van der Waals surface area contributed by atoms with Gasteiger partial charge in [-0.3, -0.25) is 4.79 Å². The van der Waals surface area contributed by atoms with Crippen LogP contribution in [-0.2, 0) is 0 Å². The van der Waals surface area contributed by atoms with Crippen LogP contribution >= 0.6 is 23.2 Å². The number of ketones is 1. The van der Waals surface area contributed by atoms with Gasteiger partial charge < -0.3 is 9.47 Å². The zero-order valence-corrected chi connectivity index (χ0v) is 13.6. The van der Waals surface area contributed by atoms with E-state index in [1.807, 2.05) is 6.07 Å². The van der Waals surface area contributed by atoms with E-state index in [-0.39, 0.29) is 5.78 Å². The van der Waals surface area contributed by atoms with Crippen LogP contribution in [0.15, 0.2) is 42.5 Å². The molecule has 0 saturated carbocycles.